The minimum atomic E-state index is -0.133. The molecule has 1 atom stereocenters. The smallest absolute Gasteiger partial charge is 0.251 e. The highest BCUT2D eigenvalue weighted by molar-refractivity contribution is 5.98. The van der Waals surface area contributed by atoms with Gasteiger partial charge in [-0.05, 0) is 51.4 Å². The molecule has 2 rings (SSSR count). The van der Waals surface area contributed by atoms with Crippen molar-refractivity contribution in [1.29, 1.82) is 0 Å². The highest BCUT2D eigenvalue weighted by Crippen LogP contribution is 2.13. The Bertz CT molecular complexity index is 508. The van der Waals surface area contributed by atoms with Crippen LogP contribution in [-0.4, -0.2) is 30.4 Å². The van der Waals surface area contributed by atoms with Crippen LogP contribution in [0.5, 0.6) is 0 Å². The maximum Gasteiger partial charge on any atom is 0.251 e. The van der Waals surface area contributed by atoms with E-state index in [4.69, 9.17) is 0 Å². The molecule has 2 amide bonds. The molecule has 0 saturated carbocycles. The van der Waals surface area contributed by atoms with Crippen LogP contribution in [0.15, 0.2) is 24.3 Å². The van der Waals surface area contributed by atoms with Crippen LogP contribution >= 0.6 is 0 Å². The zero-order valence-electron chi connectivity index (χ0n) is 12.6. The molecule has 3 N–H and O–H groups in total. The van der Waals surface area contributed by atoms with Gasteiger partial charge in [0.1, 0.15) is 0 Å². The fourth-order valence-corrected chi connectivity index (χ4v) is 2.39. The third-order valence-electron chi connectivity index (χ3n) is 3.44. The van der Waals surface area contributed by atoms with Gasteiger partial charge in [0.25, 0.3) is 5.91 Å². The average Bonchev–Trinajstić information content (AvgIpc) is 2.47. The van der Waals surface area contributed by atoms with Crippen LogP contribution < -0.4 is 16.0 Å². The van der Waals surface area contributed by atoms with Gasteiger partial charge >= 0.3 is 0 Å². The largest absolute Gasteiger partial charge is 0.350 e. The van der Waals surface area contributed by atoms with E-state index in [1.807, 2.05) is 13.8 Å². The lowest BCUT2D eigenvalue weighted by molar-refractivity contribution is -0.118. The summed E-state index contributed by atoms with van der Waals surface area (Å²) in [4.78, 5) is 24.1. The lowest BCUT2D eigenvalue weighted by Crippen LogP contribution is -2.43. The summed E-state index contributed by atoms with van der Waals surface area (Å²) in [5.41, 5.74) is 1.21. The van der Waals surface area contributed by atoms with Gasteiger partial charge in [0.05, 0.1) is 6.04 Å². The van der Waals surface area contributed by atoms with Crippen molar-refractivity contribution >= 4 is 17.5 Å². The van der Waals surface area contributed by atoms with E-state index in [-0.39, 0.29) is 23.9 Å². The number of nitrogens with one attached hydrogen (secondary N) is 3. The van der Waals surface area contributed by atoms with Crippen LogP contribution in [0.4, 0.5) is 5.69 Å². The minimum Gasteiger partial charge on any atom is -0.350 e. The Morgan fingerprint density at radius 1 is 1.29 bits per heavy atom. The van der Waals surface area contributed by atoms with Gasteiger partial charge in [-0.15, -0.1) is 0 Å². The van der Waals surface area contributed by atoms with Gasteiger partial charge in [-0.3, -0.25) is 9.59 Å². The van der Waals surface area contributed by atoms with Crippen LogP contribution in [0.25, 0.3) is 0 Å². The molecule has 21 heavy (non-hydrogen) atoms. The van der Waals surface area contributed by atoms with E-state index in [0.29, 0.717) is 11.3 Å². The summed E-state index contributed by atoms with van der Waals surface area (Å²) in [7, 11) is 0. The van der Waals surface area contributed by atoms with Crippen LogP contribution in [0, 0.1) is 0 Å². The molecule has 1 aromatic rings. The molecule has 0 aliphatic carbocycles. The number of piperidine rings is 1. The fourth-order valence-electron chi connectivity index (χ4n) is 2.39. The Morgan fingerprint density at radius 2 is 2.10 bits per heavy atom. The number of benzene rings is 1. The molecule has 114 valence electrons. The van der Waals surface area contributed by atoms with E-state index in [1.165, 1.54) is 0 Å². The standard InChI is InChI=1S/C16H23N3O2/c1-11(2)18-15(20)12-6-5-7-13(10-12)19-16(21)14-8-3-4-9-17-14/h5-7,10-11,14,17H,3-4,8-9H2,1-2H3,(H,18,20)(H,19,21). The second-order valence-electron chi connectivity index (χ2n) is 5.70. The Kier molecular flexibility index (Phi) is 5.33. The molecule has 0 spiro atoms. The Morgan fingerprint density at radius 3 is 2.76 bits per heavy atom. The molecule has 1 aliphatic rings. The van der Waals surface area contributed by atoms with Crippen molar-refractivity contribution in [3.05, 3.63) is 29.8 Å². The van der Waals surface area contributed by atoms with Gasteiger partial charge in [-0.25, -0.2) is 0 Å². The number of carbonyl (C=O) groups is 2. The maximum atomic E-state index is 12.2. The molecule has 1 fully saturated rings. The summed E-state index contributed by atoms with van der Waals surface area (Å²) >= 11 is 0. The lowest BCUT2D eigenvalue weighted by atomic mass is 10.0. The van der Waals surface area contributed by atoms with Crippen molar-refractivity contribution in [3.8, 4) is 0 Å². The highest BCUT2D eigenvalue weighted by Gasteiger charge is 2.20. The first-order valence-electron chi connectivity index (χ1n) is 7.51. The van der Waals surface area contributed by atoms with Crippen LogP contribution in [0.2, 0.25) is 0 Å². The number of anilines is 1. The highest BCUT2D eigenvalue weighted by atomic mass is 16.2. The zero-order chi connectivity index (χ0) is 15.2. The second-order valence-corrected chi connectivity index (χ2v) is 5.70. The molecule has 1 aliphatic heterocycles. The molecular weight excluding hydrogens is 266 g/mol. The first kappa shape index (κ1) is 15.5. The van der Waals surface area contributed by atoms with Gasteiger partial charge in [0, 0.05) is 17.3 Å². The van der Waals surface area contributed by atoms with E-state index in [9.17, 15) is 9.59 Å². The predicted octanol–water partition coefficient (Wildman–Crippen LogP) is 1.91. The van der Waals surface area contributed by atoms with E-state index in [2.05, 4.69) is 16.0 Å². The third kappa shape index (κ3) is 4.56. The van der Waals surface area contributed by atoms with E-state index >= 15 is 0 Å². The van der Waals surface area contributed by atoms with Crippen LogP contribution in [0.1, 0.15) is 43.5 Å². The van der Waals surface area contributed by atoms with E-state index < -0.39 is 0 Å². The summed E-state index contributed by atoms with van der Waals surface area (Å²) < 4.78 is 0. The van der Waals surface area contributed by atoms with E-state index in [1.54, 1.807) is 24.3 Å². The van der Waals surface area contributed by atoms with Crippen LogP contribution in [-0.2, 0) is 4.79 Å². The van der Waals surface area contributed by atoms with Gasteiger partial charge in [-0.2, -0.15) is 0 Å². The first-order valence-corrected chi connectivity index (χ1v) is 7.51. The van der Waals surface area contributed by atoms with Crippen molar-refractivity contribution in [2.24, 2.45) is 0 Å². The fraction of sp³-hybridized carbons (Fsp3) is 0.500. The molecule has 5 nitrogen and oxygen atoms in total. The predicted molar refractivity (Wildman–Crippen MR) is 83.3 cm³/mol. The monoisotopic (exact) mass is 289 g/mol. The van der Waals surface area contributed by atoms with Crippen molar-refractivity contribution in [2.75, 3.05) is 11.9 Å². The maximum absolute atomic E-state index is 12.2. The van der Waals surface area contributed by atoms with Crippen LogP contribution in [0.3, 0.4) is 0 Å². The average molecular weight is 289 g/mol. The van der Waals surface area contributed by atoms with Gasteiger partial charge in [0.15, 0.2) is 0 Å². The number of amides is 2. The molecule has 0 bridgehead atoms. The molecule has 5 heteroatoms. The summed E-state index contributed by atoms with van der Waals surface area (Å²) in [5, 5.41) is 8.93. The van der Waals surface area contributed by atoms with Crippen molar-refractivity contribution in [3.63, 3.8) is 0 Å². The molecule has 0 aromatic heterocycles. The number of carbonyl (C=O) groups excluding carboxylic acids is 2. The summed E-state index contributed by atoms with van der Waals surface area (Å²) in [6.45, 7) is 4.71. The molecular formula is C16H23N3O2. The lowest BCUT2D eigenvalue weighted by Gasteiger charge is -2.22. The molecule has 1 saturated heterocycles. The number of hydrogen-bond donors (Lipinski definition) is 3. The summed E-state index contributed by atoms with van der Waals surface area (Å²) in [6.07, 6.45) is 3.05. The minimum absolute atomic E-state index is 0.0314. The SMILES string of the molecule is CC(C)NC(=O)c1cccc(NC(=O)C2CCCCN2)c1. The summed E-state index contributed by atoms with van der Waals surface area (Å²) in [6, 6.07) is 6.98. The molecule has 1 aromatic carbocycles. The van der Waals surface area contributed by atoms with E-state index in [0.717, 1.165) is 25.8 Å². The summed E-state index contributed by atoms with van der Waals surface area (Å²) in [5.74, 6) is -0.159. The van der Waals surface area contributed by atoms with Gasteiger partial charge in [0.2, 0.25) is 5.91 Å². The molecule has 0 radical (unpaired) electrons. The van der Waals surface area contributed by atoms with Crippen molar-refractivity contribution in [2.45, 2.75) is 45.2 Å². The normalized spacial score (nSPS) is 18.3. The second kappa shape index (κ2) is 7.22. The first-order chi connectivity index (χ1) is 10.1. The Labute approximate surface area is 125 Å². The number of hydrogen-bond acceptors (Lipinski definition) is 3. The molecule has 1 heterocycles. The Balaban J connectivity index is 2.00. The Hall–Kier alpha value is -1.88. The van der Waals surface area contributed by atoms with Crippen molar-refractivity contribution in [1.82, 2.24) is 10.6 Å². The third-order valence-corrected chi connectivity index (χ3v) is 3.44. The van der Waals surface area contributed by atoms with Gasteiger partial charge < -0.3 is 16.0 Å². The van der Waals surface area contributed by atoms with Crippen molar-refractivity contribution < 1.29 is 9.59 Å². The molecule has 1 unspecified atom stereocenters. The quantitative estimate of drug-likeness (QED) is 0.793. The number of rotatable bonds is 4. The zero-order valence-corrected chi connectivity index (χ0v) is 12.6. The topological polar surface area (TPSA) is 70.2 Å². The van der Waals surface area contributed by atoms with Gasteiger partial charge in [-0.1, -0.05) is 12.5 Å².